The fourth-order valence-electron chi connectivity index (χ4n) is 6.23. The molecular formula is C26H27ClN8OS2. The highest BCUT2D eigenvalue weighted by Crippen LogP contribution is 2.57. The Balaban J connectivity index is 1.16. The van der Waals surface area contributed by atoms with Gasteiger partial charge in [-0.15, -0.1) is 4.72 Å². The molecule has 4 aromatic heterocycles. The van der Waals surface area contributed by atoms with Crippen molar-refractivity contribution in [3.63, 3.8) is 0 Å². The molecule has 9 nitrogen and oxygen atoms in total. The van der Waals surface area contributed by atoms with E-state index in [-0.39, 0.29) is 11.5 Å². The van der Waals surface area contributed by atoms with Gasteiger partial charge in [0.1, 0.15) is 5.82 Å². The molecule has 0 amide bonds. The lowest BCUT2D eigenvalue weighted by Gasteiger charge is -2.46. The lowest BCUT2D eigenvalue weighted by molar-refractivity contribution is 0.172. The summed E-state index contributed by atoms with van der Waals surface area (Å²) in [5.74, 6) is 1.17. The number of rotatable bonds is 3. The van der Waals surface area contributed by atoms with Crippen LogP contribution in [-0.2, 0) is 22.5 Å². The zero-order valence-corrected chi connectivity index (χ0v) is 23.4. The monoisotopic (exact) mass is 566 g/mol. The summed E-state index contributed by atoms with van der Waals surface area (Å²) >= 11 is 6.70. The number of aromatic nitrogens is 5. The molecule has 7 rings (SSSR count). The normalized spacial score (nSPS) is 23.2. The molecule has 1 spiro atoms. The lowest BCUT2D eigenvalue weighted by atomic mass is 9.72. The van der Waals surface area contributed by atoms with Crippen LogP contribution in [0.25, 0.3) is 5.65 Å². The SMILES string of the molecule is CC1(C)c2ccnc3c2[C@@H](N[S+]1[O-])C1(CCN(c2ncc(Sc4ccnc(N)c4Cl)c4nccn24)CC1)C3. The lowest BCUT2D eigenvalue weighted by Crippen LogP contribution is -2.53. The minimum Gasteiger partial charge on any atom is -0.597 e. The summed E-state index contributed by atoms with van der Waals surface area (Å²) in [5.41, 5.74) is 10.3. The van der Waals surface area contributed by atoms with Crippen LogP contribution in [-0.4, -0.2) is 42.0 Å². The number of fused-ring (bicyclic) bond motifs is 2. The van der Waals surface area contributed by atoms with Gasteiger partial charge in [-0.3, -0.25) is 9.38 Å². The fraction of sp³-hybridized carbons (Fsp3) is 0.385. The second kappa shape index (κ2) is 8.72. The third kappa shape index (κ3) is 3.56. The van der Waals surface area contributed by atoms with Crippen LogP contribution in [0.4, 0.5) is 11.8 Å². The van der Waals surface area contributed by atoms with Crippen LogP contribution >= 0.6 is 23.4 Å². The highest BCUT2D eigenvalue weighted by Gasteiger charge is 2.57. The van der Waals surface area contributed by atoms with Gasteiger partial charge in [0, 0.05) is 82.6 Å². The number of hydrogen-bond acceptors (Lipinski definition) is 9. The van der Waals surface area contributed by atoms with Crippen LogP contribution in [0.15, 0.2) is 52.9 Å². The Morgan fingerprint density at radius 2 is 1.89 bits per heavy atom. The summed E-state index contributed by atoms with van der Waals surface area (Å²) < 4.78 is 18.3. The Morgan fingerprint density at radius 3 is 2.71 bits per heavy atom. The van der Waals surface area contributed by atoms with Crippen molar-refractivity contribution >= 4 is 52.1 Å². The first-order valence-corrected chi connectivity index (χ1v) is 14.9. The van der Waals surface area contributed by atoms with Crippen molar-refractivity contribution in [2.45, 2.75) is 53.7 Å². The Hall–Kier alpha value is -2.57. The first kappa shape index (κ1) is 24.5. The standard InChI is InChI=1S/C26H27ClN8OS2/c1-25(2)15-3-7-29-16-13-26(21(19(15)16)33-38(25)36)5-10-34(11-6-26)24-32-14-18(23-31-9-12-35(23)24)37-17-4-8-30-22(28)20(17)27/h3-4,7-9,12,14,21,33H,5-6,10-11,13H2,1-2H3,(H2,28,30)/t21-,38?/m1/s1. The molecule has 1 fully saturated rings. The van der Waals surface area contributed by atoms with Crippen LogP contribution in [0.1, 0.15) is 49.6 Å². The van der Waals surface area contributed by atoms with Gasteiger partial charge in [0.05, 0.1) is 16.0 Å². The first-order valence-electron chi connectivity index (χ1n) is 12.6. The molecule has 2 atom stereocenters. The van der Waals surface area contributed by atoms with E-state index in [4.69, 9.17) is 27.3 Å². The van der Waals surface area contributed by atoms with Crippen molar-refractivity contribution in [2.24, 2.45) is 5.41 Å². The zero-order valence-electron chi connectivity index (χ0n) is 21.0. The molecule has 0 bridgehead atoms. The average molecular weight is 567 g/mol. The molecule has 1 unspecified atom stereocenters. The third-order valence-electron chi connectivity index (χ3n) is 8.35. The number of nitrogens with two attached hydrogens (primary N) is 1. The van der Waals surface area contributed by atoms with Crippen LogP contribution in [0.3, 0.4) is 0 Å². The number of piperidine rings is 1. The number of nitrogens with one attached hydrogen (secondary N) is 1. The van der Waals surface area contributed by atoms with E-state index in [9.17, 15) is 4.55 Å². The summed E-state index contributed by atoms with van der Waals surface area (Å²) in [6.45, 7) is 5.79. The summed E-state index contributed by atoms with van der Waals surface area (Å²) in [6.07, 6.45) is 12.0. The Bertz CT molecular complexity index is 1570. The summed E-state index contributed by atoms with van der Waals surface area (Å²) in [4.78, 5) is 22.3. The van der Waals surface area contributed by atoms with Crippen molar-refractivity contribution in [1.82, 2.24) is 29.1 Å². The molecule has 12 heteroatoms. The summed E-state index contributed by atoms with van der Waals surface area (Å²) in [6, 6.07) is 3.97. The highest BCUT2D eigenvalue weighted by molar-refractivity contribution is 7.99. The third-order valence-corrected chi connectivity index (χ3v) is 11.5. The molecular weight excluding hydrogens is 540 g/mol. The number of pyridine rings is 2. The summed E-state index contributed by atoms with van der Waals surface area (Å²) in [5, 5.41) is 0.434. The van der Waals surface area contributed by atoms with Crippen molar-refractivity contribution < 1.29 is 4.55 Å². The maximum Gasteiger partial charge on any atom is 0.211 e. The number of hydrogen-bond donors (Lipinski definition) is 2. The molecule has 4 aromatic rings. The number of anilines is 2. The number of nitrogens with zero attached hydrogens (tertiary/aromatic N) is 6. The van der Waals surface area contributed by atoms with Gasteiger partial charge in [-0.1, -0.05) is 23.4 Å². The quantitative estimate of drug-likeness (QED) is 0.350. The molecule has 0 saturated carbocycles. The molecule has 3 aliphatic rings. The molecule has 3 N–H and O–H groups in total. The van der Waals surface area contributed by atoms with Gasteiger partial charge in [-0.05, 0) is 45.2 Å². The molecule has 196 valence electrons. The maximum absolute atomic E-state index is 13.2. The number of nitrogen functional groups attached to an aromatic ring is 1. The van der Waals surface area contributed by atoms with Gasteiger partial charge in [-0.25, -0.2) is 15.0 Å². The minimum absolute atomic E-state index is 0.00400. The topological polar surface area (TPSA) is 120 Å². The zero-order chi connectivity index (χ0) is 26.2. The Kier molecular flexibility index (Phi) is 5.61. The van der Waals surface area contributed by atoms with Crippen LogP contribution in [0.2, 0.25) is 5.02 Å². The van der Waals surface area contributed by atoms with Crippen LogP contribution in [0.5, 0.6) is 0 Å². The van der Waals surface area contributed by atoms with E-state index in [1.54, 1.807) is 12.4 Å². The molecule has 1 saturated heterocycles. The molecule has 0 radical (unpaired) electrons. The minimum atomic E-state index is -1.16. The second-order valence-electron chi connectivity index (χ2n) is 10.7. The predicted molar refractivity (Wildman–Crippen MR) is 150 cm³/mol. The van der Waals surface area contributed by atoms with E-state index >= 15 is 0 Å². The predicted octanol–water partition coefficient (Wildman–Crippen LogP) is 4.29. The van der Waals surface area contributed by atoms with E-state index in [1.165, 1.54) is 22.9 Å². The van der Waals surface area contributed by atoms with Gasteiger partial charge in [0.15, 0.2) is 10.4 Å². The van der Waals surface area contributed by atoms with Gasteiger partial charge in [0.25, 0.3) is 0 Å². The summed E-state index contributed by atoms with van der Waals surface area (Å²) in [7, 11) is 0. The van der Waals surface area contributed by atoms with Crippen molar-refractivity contribution in [2.75, 3.05) is 23.7 Å². The van der Waals surface area contributed by atoms with Crippen molar-refractivity contribution in [3.05, 3.63) is 65.0 Å². The van der Waals surface area contributed by atoms with E-state index in [1.807, 2.05) is 29.1 Å². The van der Waals surface area contributed by atoms with Gasteiger partial charge >= 0.3 is 0 Å². The van der Waals surface area contributed by atoms with Gasteiger partial charge < -0.3 is 15.2 Å². The Labute approximate surface area is 232 Å². The van der Waals surface area contributed by atoms with Gasteiger partial charge in [-0.2, -0.15) is 0 Å². The smallest absolute Gasteiger partial charge is 0.211 e. The fourth-order valence-corrected chi connectivity index (χ4v) is 8.62. The number of halogens is 1. The van der Waals surface area contributed by atoms with Crippen molar-refractivity contribution in [1.29, 1.82) is 0 Å². The Morgan fingerprint density at radius 1 is 1.11 bits per heavy atom. The van der Waals surface area contributed by atoms with Crippen LogP contribution < -0.4 is 15.4 Å². The first-order chi connectivity index (χ1) is 18.3. The van der Waals surface area contributed by atoms with E-state index in [0.717, 1.165) is 59.4 Å². The van der Waals surface area contributed by atoms with E-state index < -0.39 is 16.1 Å². The molecule has 38 heavy (non-hydrogen) atoms. The van der Waals surface area contributed by atoms with E-state index in [2.05, 4.69) is 39.5 Å². The molecule has 1 aliphatic carbocycles. The van der Waals surface area contributed by atoms with Crippen molar-refractivity contribution in [3.8, 4) is 0 Å². The van der Waals surface area contributed by atoms with Gasteiger partial charge in [0.2, 0.25) is 5.95 Å². The molecule has 6 heterocycles. The number of imidazole rings is 1. The van der Waals surface area contributed by atoms with E-state index in [0.29, 0.717) is 10.8 Å². The second-order valence-corrected chi connectivity index (χ2v) is 14.0. The highest BCUT2D eigenvalue weighted by atomic mass is 35.5. The van der Waals surface area contributed by atoms with Crippen LogP contribution in [0, 0.1) is 5.41 Å². The average Bonchev–Trinajstić information content (AvgIpc) is 3.51. The molecule has 2 aliphatic heterocycles. The largest absolute Gasteiger partial charge is 0.597 e. The molecule has 0 aromatic carbocycles. The maximum atomic E-state index is 13.2.